The van der Waals surface area contributed by atoms with Crippen molar-refractivity contribution in [2.24, 2.45) is 5.73 Å². The van der Waals surface area contributed by atoms with Gasteiger partial charge < -0.3 is 15.2 Å². The minimum Gasteiger partial charge on any atom is -0.336 e. The number of imidazole rings is 1. The summed E-state index contributed by atoms with van der Waals surface area (Å²) in [7, 11) is 2.18. The monoisotopic (exact) mass is 237 g/mol. The Kier molecular flexibility index (Phi) is 4.15. The Morgan fingerprint density at radius 2 is 2.29 bits per heavy atom. The minimum atomic E-state index is 0.605. The van der Waals surface area contributed by atoms with E-state index in [1.165, 1.54) is 0 Å². The predicted molar refractivity (Wildman–Crippen MR) is 68.7 cm³/mol. The zero-order chi connectivity index (χ0) is 12.3. The predicted octanol–water partition coefficient (Wildman–Crippen LogP) is -0.0223. The summed E-state index contributed by atoms with van der Waals surface area (Å²) in [6.45, 7) is 8.17. The van der Waals surface area contributed by atoms with E-state index in [2.05, 4.69) is 39.5 Å². The molecule has 1 aromatic heterocycles. The second-order valence-corrected chi connectivity index (χ2v) is 4.97. The highest BCUT2D eigenvalue weighted by atomic mass is 15.3. The second kappa shape index (κ2) is 5.62. The standard InChI is InChI=1S/C12H23N5/c1-11-7-15(2)5-6-17(11)9-12-8-16(4-3-13)10-14-12/h8,10-11H,3-7,9,13H2,1-2H3. The van der Waals surface area contributed by atoms with Crippen LogP contribution in [0.1, 0.15) is 12.6 Å². The fraction of sp³-hybridized carbons (Fsp3) is 0.750. The molecule has 1 aromatic rings. The number of likely N-dealkylation sites (N-methyl/N-ethyl adjacent to an activating group) is 1. The Bertz CT molecular complexity index is 348. The highest BCUT2D eigenvalue weighted by molar-refractivity contribution is 4.98. The lowest BCUT2D eigenvalue weighted by molar-refractivity contribution is 0.0928. The summed E-state index contributed by atoms with van der Waals surface area (Å²) >= 11 is 0. The molecule has 0 aliphatic carbocycles. The van der Waals surface area contributed by atoms with Crippen LogP contribution in [-0.4, -0.2) is 58.6 Å². The molecule has 2 N–H and O–H groups in total. The zero-order valence-electron chi connectivity index (χ0n) is 10.8. The first-order valence-electron chi connectivity index (χ1n) is 6.32. The van der Waals surface area contributed by atoms with Gasteiger partial charge in [0.1, 0.15) is 0 Å². The van der Waals surface area contributed by atoms with Crippen molar-refractivity contribution in [3.63, 3.8) is 0 Å². The summed E-state index contributed by atoms with van der Waals surface area (Å²) in [4.78, 5) is 9.31. The molecular weight excluding hydrogens is 214 g/mol. The van der Waals surface area contributed by atoms with Gasteiger partial charge in [0.2, 0.25) is 0 Å². The summed E-state index contributed by atoms with van der Waals surface area (Å²) in [5.74, 6) is 0. The molecule has 0 saturated carbocycles. The zero-order valence-corrected chi connectivity index (χ0v) is 10.8. The van der Waals surface area contributed by atoms with Crippen LogP contribution in [0.25, 0.3) is 0 Å². The number of piperazine rings is 1. The smallest absolute Gasteiger partial charge is 0.0950 e. The van der Waals surface area contributed by atoms with Crippen LogP contribution in [0.3, 0.4) is 0 Å². The average Bonchev–Trinajstić information content (AvgIpc) is 2.71. The molecule has 0 bridgehead atoms. The number of hydrogen-bond acceptors (Lipinski definition) is 4. The molecule has 2 rings (SSSR count). The third kappa shape index (κ3) is 3.28. The van der Waals surface area contributed by atoms with E-state index in [-0.39, 0.29) is 0 Å². The molecule has 1 saturated heterocycles. The fourth-order valence-corrected chi connectivity index (χ4v) is 2.38. The number of aromatic nitrogens is 2. The van der Waals surface area contributed by atoms with E-state index in [1.807, 2.05) is 6.33 Å². The van der Waals surface area contributed by atoms with Crippen molar-refractivity contribution in [3.05, 3.63) is 18.2 Å². The van der Waals surface area contributed by atoms with Gasteiger partial charge in [-0.3, -0.25) is 4.90 Å². The maximum absolute atomic E-state index is 5.53. The third-order valence-corrected chi connectivity index (χ3v) is 3.41. The van der Waals surface area contributed by atoms with Crippen molar-refractivity contribution in [2.45, 2.75) is 26.1 Å². The van der Waals surface area contributed by atoms with Gasteiger partial charge in [0, 0.05) is 51.5 Å². The topological polar surface area (TPSA) is 50.3 Å². The van der Waals surface area contributed by atoms with Gasteiger partial charge in [-0.05, 0) is 14.0 Å². The molecule has 1 unspecified atom stereocenters. The summed E-state index contributed by atoms with van der Waals surface area (Å²) in [5, 5.41) is 0. The second-order valence-electron chi connectivity index (χ2n) is 4.97. The lowest BCUT2D eigenvalue weighted by atomic mass is 10.2. The van der Waals surface area contributed by atoms with Crippen LogP contribution < -0.4 is 5.73 Å². The quantitative estimate of drug-likeness (QED) is 0.799. The number of nitrogens with two attached hydrogens (primary N) is 1. The minimum absolute atomic E-state index is 0.605. The van der Waals surface area contributed by atoms with Gasteiger partial charge in [-0.25, -0.2) is 4.98 Å². The molecule has 1 aliphatic rings. The highest BCUT2D eigenvalue weighted by Gasteiger charge is 2.21. The molecular formula is C12H23N5. The van der Waals surface area contributed by atoms with Crippen LogP contribution in [0, 0.1) is 0 Å². The molecule has 1 aliphatic heterocycles. The summed E-state index contributed by atoms with van der Waals surface area (Å²) in [5.41, 5.74) is 6.67. The molecule has 0 spiro atoms. The van der Waals surface area contributed by atoms with Crippen molar-refractivity contribution >= 4 is 0 Å². The molecule has 5 heteroatoms. The Hall–Kier alpha value is -0.910. The molecule has 96 valence electrons. The van der Waals surface area contributed by atoms with E-state index in [9.17, 15) is 0 Å². The van der Waals surface area contributed by atoms with Crippen LogP contribution in [0.15, 0.2) is 12.5 Å². The molecule has 17 heavy (non-hydrogen) atoms. The molecule has 2 heterocycles. The maximum atomic E-state index is 5.53. The van der Waals surface area contributed by atoms with Crippen molar-refractivity contribution in [1.29, 1.82) is 0 Å². The van der Waals surface area contributed by atoms with Gasteiger partial charge in [0.05, 0.1) is 12.0 Å². The lowest BCUT2D eigenvalue weighted by Crippen LogP contribution is -2.49. The first kappa shape index (κ1) is 12.5. The van der Waals surface area contributed by atoms with Crippen molar-refractivity contribution in [1.82, 2.24) is 19.4 Å². The third-order valence-electron chi connectivity index (χ3n) is 3.41. The first-order valence-corrected chi connectivity index (χ1v) is 6.32. The Morgan fingerprint density at radius 1 is 1.47 bits per heavy atom. The molecule has 5 nitrogen and oxygen atoms in total. The normalized spacial score (nSPS) is 23.1. The largest absolute Gasteiger partial charge is 0.336 e. The van der Waals surface area contributed by atoms with E-state index in [1.54, 1.807) is 0 Å². The molecule has 1 atom stereocenters. The molecule has 0 aromatic carbocycles. The van der Waals surface area contributed by atoms with Crippen molar-refractivity contribution in [3.8, 4) is 0 Å². The Labute approximate surface area is 103 Å². The fourth-order valence-electron chi connectivity index (χ4n) is 2.38. The lowest BCUT2D eigenvalue weighted by Gasteiger charge is -2.37. The molecule has 0 radical (unpaired) electrons. The Morgan fingerprint density at radius 3 is 3.00 bits per heavy atom. The number of nitrogens with zero attached hydrogens (tertiary/aromatic N) is 4. The number of rotatable bonds is 4. The van der Waals surface area contributed by atoms with Crippen LogP contribution in [0.2, 0.25) is 0 Å². The van der Waals surface area contributed by atoms with E-state index in [0.717, 1.165) is 38.4 Å². The van der Waals surface area contributed by atoms with E-state index < -0.39 is 0 Å². The van der Waals surface area contributed by atoms with E-state index >= 15 is 0 Å². The summed E-state index contributed by atoms with van der Waals surface area (Å²) in [6, 6.07) is 0.605. The Balaban J connectivity index is 1.91. The van der Waals surface area contributed by atoms with Crippen LogP contribution in [0.5, 0.6) is 0 Å². The van der Waals surface area contributed by atoms with Crippen LogP contribution in [0.4, 0.5) is 0 Å². The average molecular weight is 237 g/mol. The number of hydrogen-bond donors (Lipinski definition) is 1. The van der Waals surface area contributed by atoms with Gasteiger partial charge in [-0.2, -0.15) is 0 Å². The maximum Gasteiger partial charge on any atom is 0.0950 e. The van der Waals surface area contributed by atoms with Crippen LogP contribution >= 0.6 is 0 Å². The van der Waals surface area contributed by atoms with Crippen molar-refractivity contribution in [2.75, 3.05) is 33.2 Å². The van der Waals surface area contributed by atoms with Gasteiger partial charge >= 0.3 is 0 Å². The van der Waals surface area contributed by atoms with Gasteiger partial charge in [0.15, 0.2) is 0 Å². The summed E-state index contributed by atoms with van der Waals surface area (Å²) in [6.07, 6.45) is 3.99. The van der Waals surface area contributed by atoms with E-state index in [0.29, 0.717) is 12.6 Å². The van der Waals surface area contributed by atoms with Gasteiger partial charge in [0.25, 0.3) is 0 Å². The molecule has 0 amide bonds. The van der Waals surface area contributed by atoms with E-state index in [4.69, 9.17) is 5.73 Å². The van der Waals surface area contributed by atoms with Gasteiger partial charge in [-0.1, -0.05) is 0 Å². The SMILES string of the molecule is CC1CN(C)CCN1Cc1cn(CCN)cn1. The van der Waals surface area contributed by atoms with Gasteiger partial charge in [-0.15, -0.1) is 0 Å². The van der Waals surface area contributed by atoms with Crippen LogP contribution in [-0.2, 0) is 13.1 Å². The molecule has 1 fully saturated rings. The van der Waals surface area contributed by atoms with Crippen molar-refractivity contribution < 1.29 is 0 Å². The highest BCUT2D eigenvalue weighted by Crippen LogP contribution is 2.11. The first-order chi connectivity index (χ1) is 8.19. The summed E-state index contributed by atoms with van der Waals surface area (Å²) < 4.78 is 2.07.